The highest BCUT2D eigenvalue weighted by Gasteiger charge is 2.21. The first-order chi connectivity index (χ1) is 8.78. The molecule has 1 atom stereocenters. The van der Waals surface area contributed by atoms with Gasteiger partial charge in [-0.1, -0.05) is 6.07 Å². The third kappa shape index (κ3) is 2.12. The Labute approximate surface area is 107 Å². The summed E-state index contributed by atoms with van der Waals surface area (Å²) < 4.78 is 2.26. The third-order valence-corrected chi connectivity index (χ3v) is 3.61. The Morgan fingerprint density at radius 3 is 3.00 bits per heavy atom. The first kappa shape index (κ1) is 11.3. The maximum absolute atomic E-state index is 8.98. The average molecular weight is 239 g/mol. The summed E-state index contributed by atoms with van der Waals surface area (Å²) in [5.74, 6) is 0. The van der Waals surface area contributed by atoms with E-state index in [4.69, 9.17) is 5.26 Å². The number of benzene rings is 1. The summed E-state index contributed by atoms with van der Waals surface area (Å²) in [5, 5.41) is 13.7. The van der Waals surface area contributed by atoms with Crippen molar-refractivity contribution in [2.75, 3.05) is 6.54 Å². The van der Waals surface area contributed by atoms with E-state index in [1.54, 1.807) is 0 Å². The van der Waals surface area contributed by atoms with Crippen LogP contribution in [-0.2, 0) is 0 Å². The fourth-order valence-electron chi connectivity index (χ4n) is 2.33. The Bertz CT molecular complexity index is 602. The monoisotopic (exact) mass is 239 g/mol. The van der Waals surface area contributed by atoms with Crippen molar-refractivity contribution in [1.82, 2.24) is 9.88 Å². The van der Waals surface area contributed by atoms with Crippen LogP contribution in [0.4, 0.5) is 0 Å². The van der Waals surface area contributed by atoms with Crippen molar-refractivity contribution in [3.8, 4) is 6.07 Å². The second-order valence-corrected chi connectivity index (χ2v) is 5.14. The molecular weight excluding hydrogens is 222 g/mol. The van der Waals surface area contributed by atoms with Crippen molar-refractivity contribution in [1.29, 1.82) is 5.26 Å². The molecule has 0 saturated heterocycles. The van der Waals surface area contributed by atoms with Gasteiger partial charge in [0.2, 0.25) is 0 Å². The molecule has 1 aromatic carbocycles. The SMILES string of the molecule is CC(CNC1CC1)n1ccc2ccc(C#N)cc21. The van der Waals surface area contributed by atoms with E-state index in [1.165, 1.54) is 18.2 Å². The van der Waals surface area contributed by atoms with E-state index in [9.17, 15) is 0 Å². The number of rotatable bonds is 4. The summed E-state index contributed by atoms with van der Waals surface area (Å²) in [6.45, 7) is 3.21. The van der Waals surface area contributed by atoms with Crippen LogP contribution < -0.4 is 5.32 Å². The van der Waals surface area contributed by atoms with Gasteiger partial charge in [-0.05, 0) is 43.4 Å². The van der Waals surface area contributed by atoms with Gasteiger partial charge >= 0.3 is 0 Å². The molecule has 1 unspecified atom stereocenters. The van der Waals surface area contributed by atoms with Gasteiger partial charge in [-0.3, -0.25) is 0 Å². The molecule has 0 radical (unpaired) electrons. The molecule has 1 aliphatic rings. The lowest BCUT2D eigenvalue weighted by Gasteiger charge is -2.16. The van der Waals surface area contributed by atoms with Crippen LogP contribution in [-0.4, -0.2) is 17.2 Å². The van der Waals surface area contributed by atoms with Crippen molar-refractivity contribution in [3.05, 3.63) is 36.0 Å². The predicted octanol–water partition coefficient (Wildman–Crippen LogP) is 2.83. The maximum Gasteiger partial charge on any atom is 0.0992 e. The lowest BCUT2D eigenvalue weighted by Crippen LogP contribution is -2.24. The number of hydrogen-bond donors (Lipinski definition) is 1. The normalized spacial score (nSPS) is 16.7. The molecule has 3 heteroatoms. The van der Waals surface area contributed by atoms with Crippen LogP contribution in [0.5, 0.6) is 0 Å². The van der Waals surface area contributed by atoms with E-state index in [0.717, 1.165) is 23.7 Å². The van der Waals surface area contributed by atoms with Crippen molar-refractivity contribution < 1.29 is 0 Å². The first-order valence-corrected chi connectivity index (χ1v) is 6.52. The summed E-state index contributed by atoms with van der Waals surface area (Å²) in [5.41, 5.74) is 1.88. The summed E-state index contributed by atoms with van der Waals surface area (Å²) in [4.78, 5) is 0. The van der Waals surface area contributed by atoms with E-state index in [2.05, 4.69) is 35.1 Å². The largest absolute Gasteiger partial charge is 0.343 e. The Kier molecular flexibility index (Phi) is 2.81. The van der Waals surface area contributed by atoms with E-state index < -0.39 is 0 Å². The molecule has 1 N–H and O–H groups in total. The summed E-state index contributed by atoms with van der Waals surface area (Å²) in [7, 11) is 0. The first-order valence-electron chi connectivity index (χ1n) is 6.52. The molecule has 92 valence electrons. The van der Waals surface area contributed by atoms with Crippen molar-refractivity contribution in [2.24, 2.45) is 0 Å². The number of nitriles is 1. The smallest absolute Gasteiger partial charge is 0.0992 e. The van der Waals surface area contributed by atoms with Crippen molar-refractivity contribution >= 4 is 10.9 Å². The van der Waals surface area contributed by atoms with Gasteiger partial charge in [0.25, 0.3) is 0 Å². The molecule has 2 aromatic rings. The molecule has 18 heavy (non-hydrogen) atoms. The Morgan fingerprint density at radius 1 is 1.44 bits per heavy atom. The van der Waals surface area contributed by atoms with Crippen LogP contribution in [0.3, 0.4) is 0 Å². The van der Waals surface area contributed by atoms with Gasteiger partial charge < -0.3 is 9.88 Å². The molecule has 0 spiro atoms. The zero-order chi connectivity index (χ0) is 12.5. The lowest BCUT2D eigenvalue weighted by atomic mass is 10.2. The Hall–Kier alpha value is -1.79. The highest BCUT2D eigenvalue weighted by Crippen LogP contribution is 2.23. The van der Waals surface area contributed by atoms with Gasteiger partial charge in [-0.2, -0.15) is 5.26 Å². The fourth-order valence-corrected chi connectivity index (χ4v) is 2.33. The summed E-state index contributed by atoms with van der Waals surface area (Å²) >= 11 is 0. The summed E-state index contributed by atoms with van der Waals surface area (Å²) in [6.07, 6.45) is 4.75. The Balaban J connectivity index is 1.87. The van der Waals surface area contributed by atoms with Gasteiger partial charge in [0.1, 0.15) is 0 Å². The standard InChI is InChI=1S/C15H17N3/c1-11(10-17-14-4-5-14)18-7-6-13-3-2-12(9-16)8-15(13)18/h2-3,6-8,11,14,17H,4-5,10H2,1H3. The van der Waals surface area contributed by atoms with Gasteiger partial charge in [0, 0.05) is 30.3 Å². The minimum atomic E-state index is 0.414. The lowest BCUT2D eigenvalue weighted by molar-refractivity contribution is 0.504. The highest BCUT2D eigenvalue weighted by molar-refractivity contribution is 5.81. The molecule has 1 heterocycles. The van der Waals surface area contributed by atoms with Gasteiger partial charge in [0.05, 0.1) is 11.6 Å². The van der Waals surface area contributed by atoms with Gasteiger partial charge in [-0.25, -0.2) is 0 Å². The maximum atomic E-state index is 8.98. The van der Waals surface area contributed by atoms with Crippen molar-refractivity contribution in [2.45, 2.75) is 31.8 Å². The van der Waals surface area contributed by atoms with Crippen LogP contribution in [0.15, 0.2) is 30.5 Å². The topological polar surface area (TPSA) is 40.8 Å². The number of nitrogens with zero attached hydrogens (tertiary/aromatic N) is 2. The molecule has 3 nitrogen and oxygen atoms in total. The Morgan fingerprint density at radius 2 is 2.28 bits per heavy atom. The summed E-state index contributed by atoms with van der Waals surface area (Å²) in [6, 6.07) is 11.3. The molecule has 1 saturated carbocycles. The average Bonchev–Trinajstić information content (AvgIpc) is 3.13. The zero-order valence-electron chi connectivity index (χ0n) is 10.6. The molecule has 1 fully saturated rings. The van der Waals surface area contributed by atoms with E-state index in [1.807, 2.05) is 18.2 Å². The molecule has 0 bridgehead atoms. The van der Waals surface area contributed by atoms with Crippen LogP contribution in [0.2, 0.25) is 0 Å². The quantitative estimate of drug-likeness (QED) is 0.891. The molecule has 3 rings (SSSR count). The minimum absolute atomic E-state index is 0.414. The fraction of sp³-hybridized carbons (Fsp3) is 0.400. The molecular formula is C15H17N3. The van der Waals surface area contributed by atoms with Crippen molar-refractivity contribution in [3.63, 3.8) is 0 Å². The number of fused-ring (bicyclic) bond motifs is 1. The second-order valence-electron chi connectivity index (χ2n) is 5.14. The second kappa shape index (κ2) is 4.47. The van der Waals surface area contributed by atoms with Gasteiger partial charge in [0.15, 0.2) is 0 Å². The minimum Gasteiger partial charge on any atom is -0.343 e. The van der Waals surface area contributed by atoms with Gasteiger partial charge in [-0.15, -0.1) is 0 Å². The van der Waals surface area contributed by atoms with Crippen LogP contribution in [0.25, 0.3) is 10.9 Å². The highest BCUT2D eigenvalue weighted by atomic mass is 15.1. The zero-order valence-corrected chi connectivity index (χ0v) is 10.6. The van der Waals surface area contributed by atoms with Crippen LogP contribution in [0, 0.1) is 11.3 Å². The van der Waals surface area contributed by atoms with Crippen LogP contribution in [0.1, 0.15) is 31.4 Å². The molecule has 1 aliphatic carbocycles. The number of aromatic nitrogens is 1. The van der Waals surface area contributed by atoms with E-state index in [-0.39, 0.29) is 0 Å². The van der Waals surface area contributed by atoms with Crippen LogP contribution >= 0.6 is 0 Å². The molecule has 0 aliphatic heterocycles. The molecule has 0 amide bonds. The van der Waals surface area contributed by atoms with E-state index >= 15 is 0 Å². The molecule has 1 aromatic heterocycles. The predicted molar refractivity (Wildman–Crippen MR) is 72.4 cm³/mol. The third-order valence-electron chi connectivity index (χ3n) is 3.61. The number of hydrogen-bond acceptors (Lipinski definition) is 2. The number of nitrogens with one attached hydrogen (secondary N) is 1. The van der Waals surface area contributed by atoms with E-state index in [0.29, 0.717) is 6.04 Å².